The second-order valence-corrected chi connectivity index (χ2v) is 10.4. The topological polar surface area (TPSA) is 136 Å². The molecular formula is C34H35KN4O3. The predicted molar refractivity (Wildman–Crippen MR) is 166 cm³/mol. The Balaban J connectivity index is 0.000000261. The number of benzene rings is 4. The van der Waals surface area contributed by atoms with Crippen molar-refractivity contribution in [2.45, 2.75) is 20.3 Å². The maximum Gasteiger partial charge on any atom is 1.00 e. The Morgan fingerprint density at radius 2 is 1.21 bits per heavy atom. The number of carbonyl (C=O) groups is 1. The van der Waals surface area contributed by atoms with Gasteiger partial charge in [0.2, 0.25) is 5.78 Å². The van der Waals surface area contributed by atoms with Crippen LogP contribution < -0.4 is 51.4 Å². The van der Waals surface area contributed by atoms with Crippen molar-refractivity contribution in [2.24, 2.45) is 14.1 Å². The molecule has 2 aliphatic rings. The summed E-state index contributed by atoms with van der Waals surface area (Å²) in [7, 11) is 4.15. The van der Waals surface area contributed by atoms with E-state index in [1.807, 2.05) is 36.7 Å². The summed E-state index contributed by atoms with van der Waals surface area (Å²) in [5, 5.41) is 2.55. The molecule has 0 atom stereocenters. The van der Waals surface area contributed by atoms with Gasteiger partial charge in [-0.25, -0.2) is 11.1 Å². The second-order valence-electron chi connectivity index (χ2n) is 10.4. The molecule has 7 nitrogen and oxygen atoms in total. The fourth-order valence-corrected chi connectivity index (χ4v) is 6.37. The first-order chi connectivity index (χ1) is 18.9. The molecule has 8 rings (SSSR count). The van der Waals surface area contributed by atoms with Crippen molar-refractivity contribution in [1.29, 1.82) is 11.1 Å². The predicted octanol–water partition coefficient (Wildman–Crippen LogP) is 4.60. The summed E-state index contributed by atoms with van der Waals surface area (Å²) in [6.45, 7) is 4.19. The first-order valence-electron chi connectivity index (χ1n) is 13.1. The molecule has 0 fully saturated rings. The molecule has 2 aromatic heterocycles. The molecule has 0 bridgehead atoms. The molecule has 4 aromatic carbocycles. The van der Waals surface area contributed by atoms with E-state index in [0.717, 1.165) is 45.3 Å². The van der Waals surface area contributed by atoms with Crippen molar-refractivity contribution in [3.63, 3.8) is 0 Å². The maximum atomic E-state index is 12.6. The number of aromatic nitrogens is 2. The summed E-state index contributed by atoms with van der Waals surface area (Å²) in [4.78, 5) is 12.6. The van der Waals surface area contributed by atoms with Crippen LogP contribution in [0.15, 0.2) is 84.9 Å². The van der Waals surface area contributed by atoms with Gasteiger partial charge in [-0.1, -0.05) is 77.9 Å². The maximum absolute atomic E-state index is 12.6. The molecular weight excluding hydrogens is 551 g/mol. The van der Waals surface area contributed by atoms with E-state index in [-0.39, 0.29) is 69.5 Å². The fourth-order valence-electron chi connectivity index (χ4n) is 6.37. The van der Waals surface area contributed by atoms with E-state index < -0.39 is 0 Å². The van der Waals surface area contributed by atoms with Crippen molar-refractivity contribution in [1.82, 2.24) is 9.13 Å². The normalized spacial score (nSPS) is 11.4. The SMILES string of the molecule is Cc1ccc2c(c1)C(=O)c1c-2c2ccccc2n1C.Cc1ccc2c(c1)Cc1c-2c2ccccc2n1C.N=N.O.[HH].[K+].[OH-]. The Hall–Kier alpha value is -3.21. The van der Waals surface area contributed by atoms with Crippen LogP contribution in [0.1, 0.15) is 39.9 Å². The molecule has 0 spiro atoms. The van der Waals surface area contributed by atoms with Gasteiger partial charge in [-0.05, 0) is 48.7 Å². The number of rotatable bonds is 0. The number of ketones is 1. The number of hydrogen-bond donors (Lipinski definition) is 2. The van der Waals surface area contributed by atoms with Gasteiger partial charge in [0, 0.05) is 66.1 Å². The van der Waals surface area contributed by atoms with E-state index >= 15 is 0 Å². The number of carbonyl (C=O) groups excluding carboxylic acids is 1. The molecule has 0 radical (unpaired) electrons. The van der Waals surface area contributed by atoms with Crippen LogP contribution >= 0.6 is 0 Å². The third-order valence-electron chi connectivity index (χ3n) is 8.13. The number of fused-ring (bicyclic) bond motifs is 10. The Bertz CT molecular complexity index is 1960. The van der Waals surface area contributed by atoms with Gasteiger partial charge < -0.3 is 20.1 Å². The summed E-state index contributed by atoms with van der Waals surface area (Å²) in [6, 6.07) is 29.9. The Kier molecular flexibility index (Phi) is 10.3. The van der Waals surface area contributed by atoms with Gasteiger partial charge in [0.05, 0.1) is 5.69 Å². The van der Waals surface area contributed by atoms with E-state index in [9.17, 15) is 4.79 Å². The van der Waals surface area contributed by atoms with Crippen LogP contribution in [0, 0.1) is 24.9 Å². The molecule has 2 heterocycles. The van der Waals surface area contributed by atoms with Crippen molar-refractivity contribution in [2.75, 3.05) is 0 Å². The monoisotopic (exact) mass is 586 g/mol. The molecule has 5 N–H and O–H groups in total. The quantitative estimate of drug-likeness (QED) is 0.198. The van der Waals surface area contributed by atoms with Gasteiger partial charge >= 0.3 is 51.4 Å². The van der Waals surface area contributed by atoms with Crippen LogP contribution in [-0.4, -0.2) is 25.9 Å². The van der Waals surface area contributed by atoms with Gasteiger partial charge in [0.1, 0.15) is 0 Å². The minimum absolute atomic E-state index is 0. The van der Waals surface area contributed by atoms with Crippen LogP contribution in [0.25, 0.3) is 44.1 Å². The summed E-state index contributed by atoms with van der Waals surface area (Å²) < 4.78 is 4.36. The first-order valence-corrected chi connectivity index (χ1v) is 13.1. The molecule has 8 heteroatoms. The van der Waals surface area contributed by atoms with Gasteiger partial charge in [-0.3, -0.25) is 4.79 Å². The van der Waals surface area contributed by atoms with E-state index in [1.54, 1.807) is 0 Å². The summed E-state index contributed by atoms with van der Waals surface area (Å²) >= 11 is 0. The van der Waals surface area contributed by atoms with Crippen LogP contribution in [-0.2, 0) is 20.5 Å². The summed E-state index contributed by atoms with van der Waals surface area (Å²) in [6.07, 6.45) is 1.07. The molecule has 6 aromatic rings. The van der Waals surface area contributed by atoms with E-state index in [0.29, 0.717) is 0 Å². The smallest absolute Gasteiger partial charge is 0.870 e. The van der Waals surface area contributed by atoms with Gasteiger partial charge in [-0.15, -0.1) is 0 Å². The zero-order valence-corrected chi connectivity index (χ0v) is 27.7. The van der Waals surface area contributed by atoms with Gasteiger partial charge in [-0.2, -0.15) is 0 Å². The summed E-state index contributed by atoms with van der Waals surface area (Å²) in [5.41, 5.74) is 24.6. The second kappa shape index (κ2) is 13.0. The largest absolute Gasteiger partial charge is 1.00 e. The van der Waals surface area contributed by atoms with Gasteiger partial charge in [0.25, 0.3) is 0 Å². The molecule has 2 aliphatic carbocycles. The Morgan fingerprint density at radius 1 is 0.690 bits per heavy atom. The minimum Gasteiger partial charge on any atom is -0.870 e. The van der Waals surface area contributed by atoms with Crippen LogP contribution in [0.3, 0.4) is 0 Å². The van der Waals surface area contributed by atoms with E-state index in [1.165, 1.54) is 38.9 Å². The number of nitrogens with one attached hydrogen (secondary N) is 2. The number of nitrogens with zero attached hydrogens (tertiary/aromatic N) is 2. The Morgan fingerprint density at radius 3 is 1.86 bits per heavy atom. The molecule has 0 unspecified atom stereocenters. The number of hydrogen-bond acceptors (Lipinski definition) is 4. The van der Waals surface area contributed by atoms with Crippen LogP contribution in [0.2, 0.25) is 0 Å². The average Bonchev–Trinajstić information content (AvgIpc) is 3.65. The molecule has 210 valence electrons. The third-order valence-corrected chi connectivity index (χ3v) is 8.13. The zero-order valence-electron chi connectivity index (χ0n) is 24.5. The molecule has 0 saturated carbocycles. The van der Waals surface area contributed by atoms with E-state index in [2.05, 4.69) is 85.3 Å². The van der Waals surface area contributed by atoms with Crippen LogP contribution in [0.4, 0.5) is 0 Å². The summed E-state index contributed by atoms with van der Waals surface area (Å²) in [5.74, 6) is 0.146. The van der Waals surface area contributed by atoms with Crippen LogP contribution in [0.5, 0.6) is 0 Å². The number of para-hydroxylation sites is 2. The van der Waals surface area contributed by atoms with Crippen molar-refractivity contribution in [3.05, 3.63) is 119 Å². The molecule has 0 aliphatic heterocycles. The third kappa shape index (κ3) is 5.03. The molecule has 42 heavy (non-hydrogen) atoms. The zero-order chi connectivity index (χ0) is 27.4. The minimum atomic E-state index is 0. The van der Waals surface area contributed by atoms with Crippen molar-refractivity contribution >= 4 is 27.6 Å². The van der Waals surface area contributed by atoms with Crippen molar-refractivity contribution < 1.29 is 68.6 Å². The fraction of sp³-hybridized carbons (Fsp3) is 0.147. The van der Waals surface area contributed by atoms with Gasteiger partial charge in [0.15, 0.2) is 0 Å². The standard InChI is InChI=1S/C17H13NO.C17H15N.K.H2N2.2H2O.H2/c1-10-7-8-11-13(9-10)17(19)16-15(11)12-5-3-4-6-14(12)18(16)2;1-11-7-8-13-12(9-11)10-16-17(13)14-5-3-4-6-15(14)18(16)2;;1-2;;;/h3-9H,1-2H3;3-9H,10H2,1-2H3;;1-2H;2*1H2;1H/q;;+1;;;;/p-1. The van der Waals surface area contributed by atoms with Crippen molar-refractivity contribution in [3.8, 4) is 22.3 Å². The number of aryl methyl sites for hydroxylation is 4. The first kappa shape index (κ1) is 33.3. The average molecular weight is 587 g/mol. The Labute approximate surface area is 289 Å². The van der Waals surface area contributed by atoms with E-state index in [4.69, 9.17) is 11.1 Å². The molecule has 0 saturated heterocycles. The molecule has 0 amide bonds.